The maximum Gasteiger partial charge on any atom is 0.239 e. The molecule has 0 bridgehead atoms. The molecule has 0 saturated carbocycles. The van der Waals surface area contributed by atoms with Crippen LogP contribution in [0.15, 0.2) is 60.7 Å². The molecular formula is C44H70N12O8. The van der Waals surface area contributed by atoms with Crippen molar-refractivity contribution >= 4 is 47.3 Å². The number of benzene rings is 2. The van der Waals surface area contributed by atoms with Crippen LogP contribution in [0, 0.1) is 0 Å². The van der Waals surface area contributed by atoms with E-state index in [0.717, 1.165) is 11.1 Å². The number of primary amides is 1. The lowest BCUT2D eigenvalue weighted by atomic mass is 10.1. The van der Waals surface area contributed by atoms with Crippen molar-refractivity contribution in [1.29, 1.82) is 0 Å². The number of nitrogens with two attached hydrogens (primary N) is 5. The molecule has 2 aromatic rings. The van der Waals surface area contributed by atoms with E-state index < -0.39 is 47.7 Å². The topological polar surface area (TPSA) is 324 Å². The Morgan fingerprint density at radius 3 is 1.25 bits per heavy atom. The smallest absolute Gasteiger partial charge is 0.239 e. The van der Waals surface area contributed by atoms with Gasteiger partial charge in [-0.3, -0.25) is 38.4 Å². The normalized spacial score (nSPS) is 12.2. The first kappa shape index (κ1) is 54.2. The van der Waals surface area contributed by atoms with E-state index in [4.69, 9.17) is 28.7 Å². The van der Waals surface area contributed by atoms with Gasteiger partial charge in [0.05, 0.1) is 18.1 Å². The van der Waals surface area contributed by atoms with Crippen LogP contribution in [0.5, 0.6) is 0 Å². The number of amides is 8. The minimum absolute atomic E-state index is 0.0161. The van der Waals surface area contributed by atoms with Crippen molar-refractivity contribution in [1.82, 2.24) is 36.0 Å². The second-order valence-corrected chi connectivity index (χ2v) is 15.5. The molecular weight excluding hydrogens is 825 g/mol. The molecule has 3 atom stereocenters. The van der Waals surface area contributed by atoms with Crippen molar-refractivity contribution in [2.45, 2.75) is 82.8 Å². The number of hydrogen-bond donors (Lipinski definition) is 9. The average Bonchev–Trinajstić information content (AvgIpc) is 3.26. The summed E-state index contributed by atoms with van der Waals surface area (Å²) in [6.07, 6.45) is 1.96. The summed E-state index contributed by atoms with van der Waals surface area (Å²) >= 11 is 0. The van der Waals surface area contributed by atoms with E-state index in [2.05, 4.69) is 21.3 Å². The van der Waals surface area contributed by atoms with Gasteiger partial charge in [-0.05, 0) is 43.4 Å². The molecule has 0 unspecified atom stereocenters. The Morgan fingerprint density at radius 1 is 0.500 bits per heavy atom. The highest BCUT2D eigenvalue weighted by molar-refractivity contribution is 5.85. The van der Waals surface area contributed by atoms with E-state index in [1.165, 1.54) is 21.6 Å². The third-order valence-electron chi connectivity index (χ3n) is 10.1. The first-order valence-corrected chi connectivity index (χ1v) is 21.8. The summed E-state index contributed by atoms with van der Waals surface area (Å²) in [6.45, 7) is 2.35. The summed E-state index contributed by atoms with van der Waals surface area (Å²) < 4.78 is 0. The van der Waals surface area contributed by atoms with Crippen molar-refractivity contribution in [3.8, 4) is 0 Å². The monoisotopic (exact) mass is 895 g/mol. The Hall–Kier alpha value is -5.96. The number of rotatable bonds is 32. The molecule has 2 aromatic carbocycles. The summed E-state index contributed by atoms with van der Waals surface area (Å²) in [6, 6.07) is 15.9. The van der Waals surface area contributed by atoms with Crippen LogP contribution in [-0.2, 0) is 51.2 Å². The van der Waals surface area contributed by atoms with E-state index >= 15 is 0 Å². The zero-order chi connectivity index (χ0) is 47.3. The van der Waals surface area contributed by atoms with Crippen molar-refractivity contribution in [3.05, 3.63) is 71.8 Å². The summed E-state index contributed by atoms with van der Waals surface area (Å²) in [5, 5.41) is 10.8. The van der Waals surface area contributed by atoms with Gasteiger partial charge in [-0.2, -0.15) is 0 Å². The lowest BCUT2D eigenvalue weighted by Gasteiger charge is -2.27. The molecule has 0 fully saturated rings. The molecule has 64 heavy (non-hydrogen) atoms. The first-order chi connectivity index (χ1) is 30.6. The van der Waals surface area contributed by atoms with Crippen LogP contribution in [0.4, 0.5) is 0 Å². The number of nitrogens with zero attached hydrogens (tertiary/aromatic N) is 3. The second kappa shape index (κ2) is 31.0. The Balaban J connectivity index is 2.04. The predicted octanol–water partition coefficient (Wildman–Crippen LogP) is -2.40. The maximum atomic E-state index is 13.7. The van der Waals surface area contributed by atoms with E-state index in [0.29, 0.717) is 32.2 Å². The highest BCUT2D eigenvalue weighted by Crippen LogP contribution is 2.08. The molecule has 8 amide bonds. The highest BCUT2D eigenvalue weighted by Gasteiger charge is 2.25. The van der Waals surface area contributed by atoms with E-state index in [-0.39, 0.29) is 115 Å². The molecule has 354 valence electrons. The molecule has 0 radical (unpaired) electrons. The zero-order valence-corrected chi connectivity index (χ0v) is 37.1. The van der Waals surface area contributed by atoms with Crippen LogP contribution in [0.25, 0.3) is 0 Å². The van der Waals surface area contributed by atoms with E-state index in [1.54, 1.807) is 0 Å². The molecule has 14 N–H and O–H groups in total. The van der Waals surface area contributed by atoms with Crippen LogP contribution >= 0.6 is 0 Å². The zero-order valence-electron chi connectivity index (χ0n) is 37.1. The average molecular weight is 895 g/mol. The number of hydrogen-bond acceptors (Lipinski definition) is 12. The van der Waals surface area contributed by atoms with E-state index in [1.807, 2.05) is 60.7 Å². The summed E-state index contributed by atoms with van der Waals surface area (Å²) in [5.74, 6) is -3.21. The Bertz CT molecular complexity index is 1770. The summed E-state index contributed by atoms with van der Waals surface area (Å²) in [7, 11) is 0. The van der Waals surface area contributed by atoms with Gasteiger partial charge in [0.15, 0.2) is 0 Å². The van der Waals surface area contributed by atoms with Gasteiger partial charge < -0.3 is 64.6 Å². The summed E-state index contributed by atoms with van der Waals surface area (Å²) in [4.78, 5) is 106. The molecule has 0 aliphatic rings. The van der Waals surface area contributed by atoms with Crippen LogP contribution in [0.3, 0.4) is 0 Å². The van der Waals surface area contributed by atoms with Gasteiger partial charge in [-0.15, -0.1) is 0 Å². The van der Waals surface area contributed by atoms with Gasteiger partial charge in [0.2, 0.25) is 47.3 Å². The maximum absolute atomic E-state index is 13.7. The van der Waals surface area contributed by atoms with Crippen molar-refractivity contribution in [2.75, 3.05) is 72.0 Å². The Kier molecular flexibility index (Phi) is 26.2. The quantitative estimate of drug-likeness (QED) is 0.0347. The number of unbranched alkanes of at least 4 members (excludes halogenated alkanes) is 1. The van der Waals surface area contributed by atoms with Gasteiger partial charge in [-0.25, -0.2) is 0 Å². The molecule has 0 aliphatic carbocycles. The first-order valence-electron chi connectivity index (χ1n) is 21.8. The molecule has 20 heteroatoms. The second-order valence-electron chi connectivity index (χ2n) is 15.5. The lowest BCUT2D eigenvalue weighted by Crippen LogP contribution is -2.50. The fraction of sp³-hybridized carbons (Fsp3) is 0.545. The minimum Gasteiger partial charge on any atom is -0.370 e. The lowest BCUT2D eigenvalue weighted by molar-refractivity contribution is -0.135. The van der Waals surface area contributed by atoms with Gasteiger partial charge >= 0.3 is 0 Å². The third kappa shape index (κ3) is 22.9. The van der Waals surface area contributed by atoms with Crippen molar-refractivity contribution in [3.63, 3.8) is 0 Å². The molecule has 20 nitrogen and oxygen atoms in total. The van der Waals surface area contributed by atoms with E-state index in [9.17, 15) is 38.4 Å². The molecule has 0 saturated heterocycles. The standard InChI is InChI=1S/C44H70N12O8/c1-32(57)50-21-27-55(43(63)36(47)30-33-10-4-2-5-11-33)25-17-40(60)53-23-29-56(44(64)37(48)31-34-12-6-3-7-13-34)26-18-41(61)52-22-28-54(42(62)35(46)14-8-9-19-45)24-16-39(59)51-20-15-38(49)58/h2-7,10-13,35-37H,8-9,14-31,45-48H2,1H3,(H2,49,58)(H,50,57)(H,51,59)(H,52,61)(H,53,60)/t35-,36-,37-/m0/s1. The molecule has 2 rings (SSSR count). The van der Waals surface area contributed by atoms with Gasteiger partial charge in [-0.1, -0.05) is 67.1 Å². The molecule has 0 heterocycles. The highest BCUT2D eigenvalue weighted by atomic mass is 16.2. The number of carbonyl (C=O) groups is 8. The minimum atomic E-state index is -0.939. The third-order valence-corrected chi connectivity index (χ3v) is 10.1. The molecule has 0 spiro atoms. The van der Waals surface area contributed by atoms with Gasteiger partial charge in [0, 0.05) is 98.1 Å². The molecule has 0 aromatic heterocycles. The Labute approximate surface area is 376 Å². The fourth-order valence-electron chi connectivity index (χ4n) is 6.57. The van der Waals surface area contributed by atoms with Crippen LogP contribution in [0.1, 0.15) is 63.0 Å². The summed E-state index contributed by atoms with van der Waals surface area (Å²) in [5.41, 5.74) is 31.3. The van der Waals surface area contributed by atoms with Crippen molar-refractivity contribution in [2.24, 2.45) is 28.7 Å². The molecule has 0 aliphatic heterocycles. The van der Waals surface area contributed by atoms with Crippen LogP contribution in [0.2, 0.25) is 0 Å². The van der Waals surface area contributed by atoms with Crippen LogP contribution < -0.4 is 49.9 Å². The number of nitrogens with one attached hydrogen (secondary N) is 4. The van der Waals surface area contributed by atoms with Crippen molar-refractivity contribution < 1.29 is 38.4 Å². The van der Waals surface area contributed by atoms with Crippen LogP contribution in [-0.4, -0.2) is 152 Å². The number of carbonyl (C=O) groups excluding carboxylic acids is 8. The predicted molar refractivity (Wildman–Crippen MR) is 242 cm³/mol. The fourth-order valence-corrected chi connectivity index (χ4v) is 6.57. The van der Waals surface area contributed by atoms with Gasteiger partial charge in [0.1, 0.15) is 0 Å². The largest absolute Gasteiger partial charge is 0.370 e. The van der Waals surface area contributed by atoms with Gasteiger partial charge in [0.25, 0.3) is 0 Å². The SMILES string of the molecule is CC(=O)NCCN(CCC(=O)NCCN(CCC(=O)NCCN(CCC(=O)NCCC(N)=O)C(=O)[C@@H](N)CCCCN)C(=O)[C@@H](N)Cc1ccccc1)C(=O)[C@@H](N)Cc1ccccc1. The Morgan fingerprint density at radius 2 is 0.875 bits per heavy atom.